The van der Waals surface area contributed by atoms with E-state index in [0.717, 1.165) is 87.6 Å². The number of H-pyrrole nitrogens is 2. The number of aryl methyl sites for hydroxylation is 4. The maximum absolute atomic E-state index is 14.3. The molecule has 4 bridgehead atoms. The Morgan fingerprint density at radius 2 is 1.20 bits per heavy atom. The molecule has 66 heavy (non-hydrogen) atoms. The molecule has 4 amide bonds. The molecule has 3 fully saturated rings. The molecule has 2 aromatic heterocycles. The Morgan fingerprint density at radius 1 is 0.667 bits per heavy atom. The molecule has 7 aliphatic rings. The quantitative estimate of drug-likeness (QED) is 0.136. The maximum Gasteiger partial charge on any atom is 0.407 e. The molecule has 6 atom stereocenters. The zero-order valence-corrected chi connectivity index (χ0v) is 39.0. The van der Waals surface area contributed by atoms with Crippen molar-refractivity contribution in [2.75, 3.05) is 20.8 Å². The van der Waals surface area contributed by atoms with E-state index in [0.29, 0.717) is 29.7 Å². The average Bonchev–Trinajstić information content (AvgIpc) is 4.15. The lowest BCUT2D eigenvalue weighted by atomic mass is 9.84. The minimum atomic E-state index is -0.702. The van der Waals surface area contributed by atoms with Gasteiger partial charge in [0.2, 0.25) is 11.8 Å². The smallest absolute Gasteiger partial charge is 0.407 e. The van der Waals surface area contributed by atoms with E-state index in [2.05, 4.69) is 85.7 Å². The second kappa shape index (κ2) is 20.3. The lowest BCUT2D eigenvalue weighted by Gasteiger charge is -2.36. The van der Waals surface area contributed by atoms with Crippen LogP contribution in [0.4, 0.5) is 9.59 Å². The van der Waals surface area contributed by atoms with E-state index in [1.165, 1.54) is 36.5 Å². The Morgan fingerprint density at radius 3 is 1.74 bits per heavy atom. The average molecular weight is 895 g/mol. The number of hydrogen-bond acceptors (Lipinski definition) is 8. The minimum Gasteiger partial charge on any atom is -0.453 e. The van der Waals surface area contributed by atoms with Gasteiger partial charge in [-0.25, -0.2) is 19.6 Å². The highest BCUT2D eigenvalue weighted by Crippen LogP contribution is 2.46. The highest BCUT2D eigenvalue weighted by atomic mass is 16.5. The zero-order valence-electron chi connectivity index (χ0n) is 39.0. The summed E-state index contributed by atoms with van der Waals surface area (Å²) in [6.45, 7) is 8.27. The zero-order chi connectivity index (χ0) is 46.5. The normalized spacial score (nSPS) is 20.8. The molecule has 2 aliphatic heterocycles. The van der Waals surface area contributed by atoms with Crippen LogP contribution in [0.2, 0.25) is 0 Å². The van der Waals surface area contributed by atoms with Crippen molar-refractivity contribution in [1.29, 1.82) is 0 Å². The van der Waals surface area contributed by atoms with Gasteiger partial charge < -0.3 is 39.9 Å². The molecular weight excluding hydrogens is 833 g/mol. The fraction of sp³-hybridized carbons (Fsp3) is 0.500. The monoisotopic (exact) mass is 894 g/mol. The van der Waals surface area contributed by atoms with Gasteiger partial charge in [0.1, 0.15) is 35.1 Å². The minimum absolute atomic E-state index is 0.0931. The van der Waals surface area contributed by atoms with Crippen molar-refractivity contribution in [1.82, 2.24) is 40.4 Å². The van der Waals surface area contributed by atoms with Gasteiger partial charge in [-0.05, 0) is 122 Å². The maximum atomic E-state index is 14.3. The highest BCUT2D eigenvalue weighted by Gasteiger charge is 2.48. The number of nitrogens with zero attached hydrogens (tertiary/aromatic N) is 4. The number of alkyl carbamates (subject to hydrolysis) is 2. The second-order valence-electron chi connectivity index (χ2n) is 18.9. The van der Waals surface area contributed by atoms with Gasteiger partial charge in [0.05, 0.1) is 38.7 Å². The SMILES string of the molecule is COC(=O)NC(C(=O)N1CCCC1c1ncc(C#Cc2cc3ccc2CCc2ccc(c(C#Cc4cnc(C5CC6CCCCC6N5C(=O)C(NC(=O)OC)C(C)C)[nH]4)c2)CC3)[nH]1)C(C)C. The lowest BCUT2D eigenvalue weighted by molar-refractivity contribution is -0.138. The number of methoxy groups -OCH3 is 2. The van der Waals surface area contributed by atoms with Crippen molar-refractivity contribution < 1.29 is 28.7 Å². The summed E-state index contributed by atoms with van der Waals surface area (Å²) >= 11 is 0. The fourth-order valence-corrected chi connectivity index (χ4v) is 10.3. The number of benzene rings is 2. The van der Waals surface area contributed by atoms with Gasteiger partial charge in [-0.15, -0.1) is 0 Å². The van der Waals surface area contributed by atoms with E-state index in [9.17, 15) is 19.2 Å². The first-order valence-corrected chi connectivity index (χ1v) is 23.6. The molecule has 14 nitrogen and oxygen atoms in total. The van der Waals surface area contributed by atoms with Crippen LogP contribution in [0.3, 0.4) is 0 Å². The summed E-state index contributed by atoms with van der Waals surface area (Å²) in [5.41, 5.74) is 8.07. The number of aromatic nitrogens is 4. The number of hydrogen-bond donors (Lipinski definition) is 4. The Kier molecular flexibility index (Phi) is 14.2. The number of ether oxygens (including phenoxy) is 2. The van der Waals surface area contributed by atoms with Crippen molar-refractivity contribution in [2.24, 2.45) is 17.8 Å². The van der Waals surface area contributed by atoms with Crippen LogP contribution in [0.25, 0.3) is 0 Å². The third kappa shape index (κ3) is 10.1. The van der Waals surface area contributed by atoms with Crippen LogP contribution in [0.5, 0.6) is 0 Å². The van der Waals surface area contributed by atoms with Crippen LogP contribution in [-0.2, 0) is 44.7 Å². The Balaban J connectivity index is 0.966. The highest BCUT2D eigenvalue weighted by molar-refractivity contribution is 5.87. The van der Waals surface area contributed by atoms with Crippen molar-refractivity contribution in [3.63, 3.8) is 0 Å². The van der Waals surface area contributed by atoms with E-state index < -0.39 is 24.3 Å². The van der Waals surface area contributed by atoms with Crippen molar-refractivity contribution >= 4 is 24.0 Å². The number of carbonyl (C=O) groups excluding carboxylic acids is 4. The largest absolute Gasteiger partial charge is 0.453 e. The van der Waals surface area contributed by atoms with Gasteiger partial charge in [-0.3, -0.25) is 9.59 Å². The Hall–Kier alpha value is -6.54. The topological polar surface area (TPSA) is 175 Å². The predicted molar refractivity (Wildman–Crippen MR) is 249 cm³/mol. The van der Waals surface area contributed by atoms with Gasteiger partial charge in [0.25, 0.3) is 0 Å². The number of fused-ring (bicyclic) bond motifs is 1. The number of imidazole rings is 2. The fourth-order valence-electron chi connectivity index (χ4n) is 10.3. The number of carbonyl (C=O) groups is 4. The Bertz CT molecular complexity index is 2570. The van der Waals surface area contributed by atoms with E-state index in [4.69, 9.17) is 14.5 Å². The first-order chi connectivity index (χ1) is 31.9. The van der Waals surface area contributed by atoms with Gasteiger partial charge in [0, 0.05) is 23.7 Å². The third-order valence-electron chi connectivity index (χ3n) is 13.9. The van der Waals surface area contributed by atoms with Crippen LogP contribution in [0, 0.1) is 41.4 Å². The molecule has 14 heteroatoms. The molecule has 2 aromatic carbocycles. The molecule has 6 unspecified atom stereocenters. The number of rotatable bonds is 8. The first-order valence-electron chi connectivity index (χ1n) is 23.6. The summed E-state index contributed by atoms with van der Waals surface area (Å²) in [5.74, 6) is 14.9. The van der Waals surface area contributed by atoms with Crippen molar-refractivity contribution in [2.45, 2.75) is 129 Å². The molecule has 11 rings (SSSR count). The number of likely N-dealkylation sites (tertiary alicyclic amines) is 2. The molecule has 5 aliphatic carbocycles. The standard InChI is InChI=1S/C52H62N8O6/c1-31(2)45(57-51(63)65-5)49(61)59-25-9-12-43(59)47-53-29-40(55-47)23-21-37-26-33-13-17-35(37)18-14-34-16-20-36(19-15-33)38(27-34)22-24-41-30-54-48(56-41)44-28-39-10-7-8-11-42(39)60(44)50(62)46(32(3)4)58-52(64)66-6/h13,16-17,20,26-27,29-32,39,42-46H,7-12,14-15,18-19,25,28H2,1-6H3,(H,53,55)(H,54,56)(H,57,63)(H,58,64). The number of amides is 4. The van der Waals surface area contributed by atoms with Crippen molar-refractivity contribution in [3.05, 3.63) is 105 Å². The van der Waals surface area contributed by atoms with E-state index in [1.54, 1.807) is 17.3 Å². The summed E-state index contributed by atoms with van der Waals surface area (Å²) in [6, 6.07) is 11.5. The third-order valence-corrected chi connectivity index (χ3v) is 13.9. The molecule has 1 saturated carbocycles. The molecule has 0 radical (unpaired) electrons. The number of nitrogens with one attached hydrogen (secondary N) is 4. The summed E-state index contributed by atoms with van der Waals surface area (Å²) in [7, 11) is 2.61. The second-order valence-corrected chi connectivity index (χ2v) is 18.9. The van der Waals surface area contributed by atoms with E-state index in [1.807, 2.05) is 32.6 Å². The lowest BCUT2D eigenvalue weighted by Crippen LogP contribution is -2.53. The van der Waals surface area contributed by atoms with Crippen LogP contribution in [0.15, 0.2) is 48.8 Å². The molecule has 0 spiro atoms. The molecule has 4 aromatic rings. The van der Waals surface area contributed by atoms with Gasteiger partial charge in [-0.1, -0.05) is 76.6 Å². The van der Waals surface area contributed by atoms with Gasteiger partial charge >= 0.3 is 12.2 Å². The van der Waals surface area contributed by atoms with Crippen LogP contribution in [-0.4, -0.2) is 92.6 Å². The summed E-state index contributed by atoms with van der Waals surface area (Å²) in [5, 5.41) is 5.50. The molecular formula is C52H62N8O6. The van der Waals surface area contributed by atoms with Crippen molar-refractivity contribution in [3.8, 4) is 23.7 Å². The molecule has 346 valence electrons. The molecule has 4 N–H and O–H groups in total. The van der Waals surface area contributed by atoms with Gasteiger partial charge in [0.15, 0.2) is 0 Å². The van der Waals surface area contributed by atoms with E-state index in [-0.39, 0.29) is 41.8 Å². The predicted octanol–water partition coefficient (Wildman–Crippen LogP) is 7.07. The van der Waals surface area contributed by atoms with Crippen LogP contribution in [0.1, 0.15) is 141 Å². The van der Waals surface area contributed by atoms with Crippen LogP contribution >= 0.6 is 0 Å². The molecule has 4 heterocycles. The Labute approximate surface area is 387 Å². The molecule has 2 saturated heterocycles. The number of aromatic amines is 2. The summed E-state index contributed by atoms with van der Waals surface area (Å²) in [4.78, 5) is 72.3. The summed E-state index contributed by atoms with van der Waals surface area (Å²) < 4.78 is 9.66. The summed E-state index contributed by atoms with van der Waals surface area (Å²) in [6.07, 6.45) is 12.2. The van der Waals surface area contributed by atoms with E-state index >= 15 is 0 Å². The first kappa shape index (κ1) is 46.0. The van der Waals surface area contributed by atoms with Gasteiger partial charge in [-0.2, -0.15) is 0 Å². The van der Waals surface area contributed by atoms with Crippen LogP contribution < -0.4 is 10.6 Å².